The van der Waals surface area contributed by atoms with Crippen molar-refractivity contribution in [2.45, 2.75) is 11.8 Å². The van der Waals surface area contributed by atoms with Gasteiger partial charge < -0.3 is 9.47 Å². The van der Waals surface area contributed by atoms with Gasteiger partial charge in [0.2, 0.25) is 0 Å². The second-order valence-corrected chi connectivity index (χ2v) is 8.45. The van der Waals surface area contributed by atoms with Gasteiger partial charge in [0.05, 0.1) is 30.3 Å². The van der Waals surface area contributed by atoms with Crippen LogP contribution in [-0.2, 0) is 10.0 Å². The van der Waals surface area contributed by atoms with Gasteiger partial charge in [-0.3, -0.25) is 0 Å². The van der Waals surface area contributed by atoms with Crippen LogP contribution in [0.15, 0.2) is 77.7 Å². The van der Waals surface area contributed by atoms with Gasteiger partial charge in [0.15, 0.2) is 0 Å². The van der Waals surface area contributed by atoms with Crippen molar-refractivity contribution in [3.8, 4) is 22.8 Å². The van der Waals surface area contributed by atoms with Gasteiger partial charge in [-0.1, -0.05) is 18.2 Å². The van der Waals surface area contributed by atoms with Gasteiger partial charge in [-0.25, -0.2) is 12.4 Å². The van der Waals surface area contributed by atoms with Gasteiger partial charge >= 0.3 is 0 Å². The van der Waals surface area contributed by atoms with Crippen molar-refractivity contribution in [1.29, 1.82) is 0 Å². The molecule has 29 heavy (non-hydrogen) atoms. The number of hydrogen-bond acceptors (Lipinski definition) is 4. The maximum Gasteiger partial charge on any atom is 0.268 e. The highest BCUT2D eigenvalue weighted by atomic mass is 32.2. The molecule has 0 amide bonds. The van der Waals surface area contributed by atoms with Crippen molar-refractivity contribution in [2.24, 2.45) is 0 Å². The Morgan fingerprint density at radius 3 is 2.03 bits per heavy atom. The lowest BCUT2D eigenvalue weighted by molar-refractivity contribution is 0.415. The number of benzene rings is 3. The number of nitrogens with zero attached hydrogens (tertiary/aromatic N) is 1. The third-order valence-corrected chi connectivity index (χ3v) is 6.76. The summed E-state index contributed by atoms with van der Waals surface area (Å²) in [6.45, 7) is 1.94. The summed E-state index contributed by atoms with van der Waals surface area (Å²) in [6, 6.07) is 21.3. The second-order valence-electron chi connectivity index (χ2n) is 6.67. The molecule has 1 heterocycles. The zero-order valence-corrected chi connectivity index (χ0v) is 17.2. The van der Waals surface area contributed by atoms with E-state index < -0.39 is 10.0 Å². The molecule has 0 radical (unpaired) electrons. The highest BCUT2D eigenvalue weighted by molar-refractivity contribution is 7.90. The van der Waals surface area contributed by atoms with Gasteiger partial charge in [0, 0.05) is 11.5 Å². The van der Waals surface area contributed by atoms with E-state index >= 15 is 0 Å². The number of methoxy groups -OCH3 is 2. The van der Waals surface area contributed by atoms with Crippen LogP contribution in [0.4, 0.5) is 0 Å². The molecule has 0 saturated heterocycles. The lowest BCUT2D eigenvalue weighted by Crippen LogP contribution is -2.14. The SMILES string of the molecule is COc1ccc(-c2c(C)c3ccc(OC)cc3n2S(=O)(=O)c2ccccc2)cc1. The van der Waals surface area contributed by atoms with Crippen LogP contribution in [-0.4, -0.2) is 26.6 Å². The fraction of sp³-hybridized carbons (Fsp3) is 0.130. The Hall–Kier alpha value is -3.25. The lowest BCUT2D eigenvalue weighted by atomic mass is 10.1. The molecule has 0 spiro atoms. The second kappa shape index (κ2) is 7.29. The van der Waals surface area contributed by atoms with Gasteiger partial charge in [-0.2, -0.15) is 0 Å². The number of ether oxygens (including phenoxy) is 2. The van der Waals surface area contributed by atoms with Crippen LogP contribution in [0.2, 0.25) is 0 Å². The molecule has 0 aliphatic heterocycles. The summed E-state index contributed by atoms with van der Waals surface area (Å²) in [5.41, 5.74) is 2.88. The van der Waals surface area contributed by atoms with Crippen LogP contribution in [0.1, 0.15) is 5.56 Å². The molecule has 4 rings (SSSR count). The van der Waals surface area contributed by atoms with Crippen molar-refractivity contribution in [2.75, 3.05) is 14.2 Å². The smallest absolute Gasteiger partial charge is 0.268 e. The molecule has 0 N–H and O–H groups in total. The summed E-state index contributed by atoms with van der Waals surface area (Å²) >= 11 is 0. The molecule has 0 aliphatic rings. The van der Waals surface area contributed by atoms with E-state index in [1.54, 1.807) is 50.6 Å². The molecule has 0 unspecified atom stereocenters. The molecular weight excluding hydrogens is 386 g/mol. The Labute approximate surface area is 170 Å². The van der Waals surface area contributed by atoms with Crippen molar-refractivity contribution < 1.29 is 17.9 Å². The number of aromatic nitrogens is 1. The molecule has 0 aliphatic carbocycles. The minimum Gasteiger partial charge on any atom is -0.497 e. The molecule has 0 atom stereocenters. The monoisotopic (exact) mass is 407 g/mol. The summed E-state index contributed by atoms with van der Waals surface area (Å²) in [6.07, 6.45) is 0. The van der Waals surface area contributed by atoms with Crippen LogP contribution in [0.25, 0.3) is 22.2 Å². The average Bonchev–Trinajstić information content (AvgIpc) is 3.06. The zero-order valence-electron chi connectivity index (χ0n) is 16.4. The Bertz CT molecular complexity index is 1270. The zero-order chi connectivity index (χ0) is 20.6. The molecule has 0 saturated carbocycles. The molecule has 0 fully saturated rings. The normalized spacial score (nSPS) is 11.6. The summed E-state index contributed by atoms with van der Waals surface area (Å²) in [5, 5.41) is 0.858. The topological polar surface area (TPSA) is 57.5 Å². The van der Waals surface area contributed by atoms with Crippen molar-refractivity contribution in [1.82, 2.24) is 3.97 Å². The largest absolute Gasteiger partial charge is 0.497 e. The molecule has 148 valence electrons. The van der Waals surface area contributed by atoms with Crippen LogP contribution in [0, 0.1) is 6.92 Å². The first-order valence-corrected chi connectivity index (χ1v) is 10.6. The van der Waals surface area contributed by atoms with E-state index in [9.17, 15) is 8.42 Å². The third-order valence-electron chi connectivity index (χ3n) is 5.03. The number of rotatable bonds is 5. The van der Waals surface area contributed by atoms with Gasteiger partial charge in [0.25, 0.3) is 10.0 Å². The van der Waals surface area contributed by atoms with E-state index in [1.807, 2.05) is 43.3 Å². The summed E-state index contributed by atoms with van der Waals surface area (Å²) in [4.78, 5) is 0.231. The molecule has 0 bridgehead atoms. The highest BCUT2D eigenvalue weighted by Crippen LogP contribution is 2.38. The molecule has 5 nitrogen and oxygen atoms in total. The standard InChI is InChI=1S/C23H21NO4S/c1-16-21-14-13-19(28-3)15-22(21)24(29(25,26)20-7-5-4-6-8-20)23(16)17-9-11-18(27-2)12-10-17/h4-15H,1-3H3. The van der Waals surface area contributed by atoms with Crippen LogP contribution < -0.4 is 9.47 Å². The average molecular weight is 407 g/mol. The van der Waals surface area contributed by atoms with Gasteiger partial charge in [-0.15, -0.1) is 0 Å². The molecular formula is C23H21NO4S. The van der Waals surface area contributed by atoms with Crippen molar-refractivity contribution in [3.05, 3.63) is 78.4 Å². The van der Waals surface area contributed by atoms with E-state index in [0.717, 1.165) is 16.5 Å². The van der Waals surface area contributed by atoms with Gasteiger partial charge in [-0.05, 0) is 66.6 Å². The van der Waals surface area contributed by atoms with Crippen molar-refractivity contribution >= 4 is 20.9 Å². The Morgan fingerprint density at radius 1 is 0.793 bits per heavy atom. The minimum atomic E-state index is -3.83. The predicted molar refractivity (Wildman–Crippen MR) is 114 cm³/mol. The molecule has 6 heteroatoms. The van der Waals surface area contributed by atoms with Crippen molar-refractivity contribution in [3.63, 3.8) is 0 Å². The van der Waals surface area contributed by atoms with E-state index in [0.29, 0.717) is 22.7 Å². The first-order chi connectivity index (χ1) is 14.0. The van der Waals surface area contributed by atoms with Gasteiger partial charge in [0.1, 0.15) is 11.5 Å². The van der Waals surface area contributed by atoms with E-state index in [4.69, 9.17) is 9.47 Å². The van der Waals surface area contributed by atoms with E-state index in [1.165, 1.54) is 3.97 Å². The molecule has 1 aromatic heterocycles. The van der Waals surface area contributed by atoms with E-state index in [2.05, 4.69) is 0 Å². The first kappa shape index (κ1) is 19.1. The van der Waals surface area contributed by atoms with Crippen LogP contribution >= 0.6 is 0 Å². The summed E-state index contributed by atoms with van der Waals surface area (Å²) < 4.78 is 39.4. The van der Waals surface area contributed by atoms with Crippen LogP contribution in [0.3, 0.4) is 0 Å². The highest BCUT2D eigenvalue weighted by Gasteiger charge is 2.26. The Balaban J connectivity index is 2.09. The third kappa shape index (κ3) is 3.15. The number of fused-ring (bicyclic) bond motifs is 1. The lowest BCUT2D eigenvalue weighted by Gasteiger charge is -2.13. The molecule has 4 aromatic rings. The number of aryl methyl sites for hydroxylation is 1. The number of hydrogen-bond donors (Lipinski definition) is 0. The van der Waals surface area contributed by atoms with E-state index in [-0.39, 0.29) is 4.90 Å². The maximum atomic E-state index is 13.7. The summed E-state index contributed by atoms with van der Waals surface area (Å²) in [5.74, 6) is 1.31. The first-order valence-electron chi connectivity index (χ1n) is 9.11. The Morgan fingerprint density at radius 2 is 1.41 bits per heavy atom. The minimum absolute atomic E-state index is 0.231. The fourth-order valence-electron chi connectivity index (χ4n) is 3.55. The van der Waals surface area contributed by atoms with Crippen LogP contribution in [0.5, 0.6) is 11.5 Å². The Kier molecular flexibility index (Phi) is 4.80. The quantitative estimate of drug-likeness (QED) is 0.474. The molecule has 3 aromatic carbocycles. The predicted octanol–water partition coefficient (Wildman–Crippen LogP) is 4.87. The fourth-order valence-corrected chi connectivity index (χ4v) is 5.16. The maximum absolute atomic E-state index is 13.7. The summed E-state index contributed by atoms with van der Waals surface area (Å²) in [7, 11) is -0.667.